The van der Waals surface area contributed by atoms with Gasteiger partial charge in [0, 0.05) is 23.0 Å². The SMILES string of the molecule is CCOC(=O)Cc1c(C(=O)N2CC[C@H](C)[C@@H]2CO)[nH]c2ccccc12. The molecule has 2 aromatic rings. The third-order valence-electron chi connectivity index (χ3n) is 4.98. The number of rotatable bonds is 5. The molecule has 1 aliphatic heterocycles. The zero-order chi connectivity index (χ0) is 18.0. The minimum atomic E-state index is -0.352. The molecule has 6 heteroatoms. The van der Waals surface area contributed by atoms with Gasteiger partial charge in [-0.15, -0.1) is 0 Å². The van der Waals surface area contributed by atoms with E-state index in [0.29, 0.717) is 24.4 Å². The van der Waals surface area contributed by atoms with Gasteiger partial charge >= 0.3 is 5.97 Å². The zero-order valence-corrected chi connectivity index (χ0v) is 14.6. The molecular weight excluding hydrogens is 320 g/mol. The number of aromatic amines is 1. The van der Waals surface area contributed by atoms with Gasteiger partial charge in [0.2, 0.25) is 0 Å². The van der Waals surface area contributed by atoms with Crippen molar-refractivity contribution < 1.29 is 19.4 Å². The zero-order valence-electron chi connectivity index (χ0n) is 14.6. The lowest BCUT2D eigenvalue weighted by Gasteiger charge is -2.25. The number of hydrogen-bond acceptors (Lipinski definition) is 4. The second-order valence-electron chi connectivity index (χ2n) is 6.52. The van der Waals surface area contributed by atoms with Crippen LogP contribution >= 0.6 is 0 Å². The maximum absolute atomic E-state index is 13.1. The van der Waals surface area contributed by atoms with Gasteiger partial charge in [-0.3, -0.25) is 9.59 Å². The van der Waals surface area contributed by atoms with Crippen LogP contribution in [0.4, 0.5) is 0 Å². The molecule has 0 saturated carbocycles. The van der Waals surface area contributed by atoms with Crippen molar-refractivity contribution in [2.75, 3.05) is 19.8 Å². The Bertz CT molecular complexity index is 783. The fraction of sp³-hybridized carbons (Fsp3) is 0.474. The van der Waals surface area contributed by atoms with Crippen LogP contribution < -0.4 is 0 Å². The Labute approximate surface area is 146 Å². The number of para-hydroxylation sites is 1. The molecule has 1 saturated heterocycles. The molecular formula is C19H24N2O4. The molecule has 25 heavy (non-hydrogen) atoms. The Balaban J connectivity index is 2.00. The normalized spacial score (nSPS) is 20.2. The first-order valence-corrected chi connectivity index (χ1v) is 8.73. The van der Waals surface area contributed by atoms with E-state index in [1.807, 2.05) is 31.2 Å². The molecule has 0 aliphatic carbocycles. The van der Waals surface area contributed by atoms with Crippen molar-refractivity contribution in [3.63, 3.8) is 0 Å². The highest BCUT2D eigenvalue weighted by Gasteiger charge is 2.36. The molecule has 0 unspecified atom stereocenters. The quantitative estimate of drug-likeness (QED) is 0.814. The van der Waals surface area contributed by atoms with Crippen LogP contribution in [0.2, 0.25) is 0 Å². The summed E-state index contributed by atoms with van der Waals surface area (Å²) in [5.41, 5.74) is 1.90. The van der Waals surface area contributed by atoms with Gasteiger partial charge in [-0.1, -0.05) is 25.1 Å². The molecule has 1 aromatic carbocycles. The summed E-state index contributed by atoms with van der Waals surface area (Å²) in [6, 6.07) is 7.36. The first-order chi connectivity index (χ1) is 12.1. The molecule has 0 bridgehead atoms. The molecule has 2 atom stereocenters. The maximum atomic E-state index is 13.1. The van der Waals surface area contributed by atoms with Crippen LogP contribution in [0.15, 0.2) is 24.3 Å². The monoisotopic (exact) mass is 344 g/mol. The first kappa shape index (κ1) is 17.5. The Kier molecular flexibility index (Phi) is 5.08. The second kappa shape index (κ2) is 7.27. The Hall–Kier alpha value is -2.34. The molecule has 3 rings (SSSR count). The number of amides is 1. The molecule has 2 N–H and O–H groups in total. The number of hydrogen-bond donors (Lipinski definition) is 2. The van der Waals surface area contributed by atoms with E-state index in [1.54, 1.807) is 11.8 Å². The van der Waals surface area contributed by atoms with E-state index >= 15 is 0 Å². The lowest BCUT2D eigenvalue weighted by Crippen LogP contribution is -2.40. The highest BCUT2D eigenvalue weighted by Crippen LogP contribution is 2.29. The van der Waals surface area contributed by atoms with Crippen LogP contribution in [0.1, 0.15) is 36.3 Å². The maximum Gasteiger partial charge on any atom is 0.310 e. The summed E-state index contributed by atoms with van der Waals surface area (Å²) in [6.45, 7) is 4.66. The summed E-state index contributed by atoms with van der Waals surface area (Å²) in [5, 5.41) is 10.5. The van der Waals surface area contributed by atoms with E-state index in [4.69, 9.17) is 4.74 Å². The van der Waals surface area contributed by atoms with Gasteiger partial charge in [0.25, 0.3) is 5.91 Å². The summed E-state index contributed by atoms with van der Waals surface area (Å²) in [6.07, 6.45) is 0.913. The molecule has 134 valence electrons. The number of benzene rings is 1. The Morgan fingerprint density at radius 1 is 1.36 bits per heavy atom. The standard InChI is InChI=1S/C19H24N2O4/c1-3-25-17(23)10-14-13-6-4-5-7-15(13)20-18(14)19(24)21-9-8-12(2)16(21)11-22/h4-7,12,16,20,22H,3,8-11H2,1-2H3/t12-,16-/m0/s1. The second-order valence-corrected chi connectivity index (χ2v) is 6.52. The topological polar surface area (TPSA) is 82.6 Å². The number of ether oxygens (including phenoxy) is 1. The molecule has 1 fully saturated rings. The van der Waals surface area contributed by atoms with E-state index in [1.165, 1.54) is 0 Å². The number of aliphatic hydroxyl groups excluding tert-OH is 1. The smallest absolute Gasteiger partial charge is 0.310 e. The molecule has 0 spiro atoms. The van der Waals surface area contributed by atoms with Crippen molar-refractivity contribution in [3.8, 4) is 0 Å². The van der Waals surface area contributed by atoms with Gasteiger partial charge in [0.1, 0.15) is 5.69 Å². The summed E-state index contributed by atoms with van der Waals surface area (Å²) in [7, 11) is 0. The average molecular weight is 344 g/mol. The van der Waals surface area contributed by atoms with Crippen LogP contribution in [-0.4, -0.2) is 52.7 Å². The van der Waals surface area contributed by atoms with Gasteiger partial charge in [0.15, 0.2) is 0 Å². The Morgan fingerprint density at radius 2 is 2.12 bits per heavy atom. The van der Waals surface area contributed by atoms with Crippen molar-refractivity contribution in [2.45, 2.75) is 32.7 Å². The number of likely N-dealkylation sites (tertiary alicyclic amines) is 1. The van der Waals surface area contributed by atoms with Gasteiger partial charge < -0.3 is 19.7 Å². The van der Waals surface area contributed by atoms with Gasteiger partial charge in [0.05, 0.1) is 25.7 Å². The molecule has 0 radical (unpaired) electrons. The van der Waals surface area contributed by atoms with Crippen molar-refractivity contribution in [3.05, 3.63) is 35.5 Å². The fourth-order valence-electron chi connectivity index (χ4n) is 3.60. The van der Waals surface area contributed by atoms with E-state index in [9.17, 15) is 14.7 Å². The molecule has 1 amide bonds. The van der Waals surface area contributed by atoms with Crippen LogP contribution in [-0.2, 0) is 16.0 Å². The summed E-state index contributed by atoms with van der Waals surface area (Å²) in [5.74, 6) is -0.263. The molecule has 1 aliphatic rings. The highest BCUT2D eigenvalue weighted by atomic mass is 16.5. The number of carbonyl (C=O) groups excluding carboxylic acids is 2. The summed E-state index contributed by atoms with van der Waals surface area (Å²) >= 11 is 0. The Morgan fingerprint density at radius 3 is 2.84 bits per heavy atom. The minimum absolute atomic E-state index is 0.0477. The fourth-order valence-corrected chi connectivity index (χ4v) is 3.60. The molecule has 2 heterocycles. The van der Waals surface area contributed by atoms with Crippen LogP contribution in [0.3, 0.4) is 0 Å². The summed E-state index contributed by atoms with van der Waals surface area (Å²) < 4.78 is 5.07. The number of aliphatic hydroxyl groups is 1. The van der Waals surface area contributed by atoms with Gasteiger partial charge in [-0.05, 0) is 25.3 Å². The van der Waals surface area contributed by atoms with Crippen LogP contribution in [0.5, 0.6) is 0 Å². The lowest BCUT2D eigenvalue weighted by atomic mass is 10.0. The predicted octanol–water partition coefficient (Wildman–Crippen LogP) is 2.12. The number of nitrogens with zero attached hydrogens (tertiary/aromatic N) is 1. The molecule has 1 aromatic heterocycles. The van der Waals surface area contributed by atoms with Crippen molar-refractivity contribution in [1.82, 2.24) is 9.88 Å². The number of H-pyrrole nitrogens is 1. The highest BCUT2D eigenvalue weighted by molar-refractivity contribution is 6.02. The number of esters is 1. The molecule has 6 nitrogen and oxygen atoms in total. The van der Waals surface area contributed by atoms with E-state index in [0.717, 1.165) is 17.3 Å². The first-order valence-electron chi connectivity index (χ1n) is 8.73. The third-order valence-corrected chi connectivity index (χ3v) is 4.98. The van der Waals surface area contributed by atoms with Gasteiger partial charge in [-0.2, -0.15) is 0 Å². The third kappa shape index (κ3) is 3.26. The van der Waals surface area contributed by atoms with E-state index < -0.39 is 0 Å². The predicted molar refractivity (Wildman–Crippen MR) is 94.3 cm³/mol. The van der Waals surface area contributed by atoms with E-state index in [2.05, 4.69) is 4.98 Å². The lowest BCUT2D eigenvalue weighted by molar-refractivity contribution is -0.142. The summed E-state index contributed by atoms with van der Waals surface area (Å²) in [4.78, 5) is 30.0. The van der Waals surface area contributed by atoms with Crippen LogP contribution in [0.25, 0.3) is 10.9 Å². The van der Waals surface area contributed by atoms with Crippen molar-refractivity contribution in [1.29, 1.82) is 0 Å². The number of nitrogens with one attached hydrogen (secondary N) is 1. The largest absolute Gasteiger partial charge is 0.466 e. The van der Waals surface area contributed by atoms with Crippen molar-refractivity contribution in [2.24, 2.45) is 5.92 Å². The van der Waals surface area contributed by atoms with E-state index in [-0.39, 0.29) is 36.9 Å². The van der Waals surface area contributed by atoms with Crippen LogP contribution in [0, 0.1) is 5.92 Å². The average Bonchev–Trinajstić information content (AvgIpc) is 3.15. The van der Waals surface area contributed by atoms with Gasteiger partial charge in [-0.25, -0.2) is 0 Å². The minimum Gasteiger partial charge on any atom is -0.466 e. The number of fused-ring (bicyclic) bond motifs is 1. The van der Waals surface area contributed by atoms with Crippen molar-refractivity contribution >= 4 is 22.8 Å². The number of aromatic nitrogens is 1. The number of carbonyl (C=O) groups is 2.